The number of rotatable bonds is 6. The van der Waals surface area contributed by atoms with Gasteiger partial charge >= 0.3 is 0 Å². The van der Waals surface area contributed by atoms with Gasteiger partial charge in [-0.15, -0.1) is 0 Å². The molecule has 1 aromatic heterocycles. The molecule has 1 atom stereocenters. The summed E-state index contributed by atoms with van der Waals surface area (Å²) in [5.41, 5.74) is 1.12. The molecule has 1 unspecified atom stereocenters. The molecule has 0 bridgehead atoms. The zero-order valence-electron chi connectivity index (χ0n) is 14.2. The van der Waals surface area contributed by atoms with Crippen molar-refractivity contribution in [1.82, 2.24) is 5.27 Å². The first-order chi connectivity index (χ1) is 13.0. The fraction of sp³-hybridized carbons (Fsp3) is 0.167. The van der Waals surface area contributed by atoms with Crippen LogP contribution in [-0.2, 0) is 4.79 Å². The van der Waals surface area contributed by atoms with Gasteiger partial charge in [0.15, 0.2) is 5.95 Å². The van der Waals surface area contributed by atoms with Gasteiger partial charge in [-0.3, -0.25) is 4.79 Å². The number of halogens is 2. The Bertz CT molecular complexity index is 950. The van der Waals surface area contributed by atoms with E-state index in [1.54, 1.807) is 30.3 Å². The van der Waals surface area contributed by atoms with E-state index in [0.29, 0.717) is 27.8 Å². The monoisotopic (exact) mass is 423 g/mol. The minimum atomic E-state index is -0.598. The second kappa shape index (κ2) is 8.65. The normalized spacial score (nSPS) is 12.0. The summed E-state index contributed by atoms with van der Waals surface area (Å²) in [4.78, 5) is 12.7. The molecule has 3 rings (SSSR count). The standard InChI is InChI=1S/C18H15Cl2N3O3S/c1-2-15(16(24)21-14-9-8-11(19)10-13(14)20)27-17-18(25)26-22-23(17)12-6-4-3-5-7-12/h3-10,15H,2H2,1H3,(H-,21,22,24,25). The number of carbonyl (C=O) groups is 1. The molecule has 0 aliphatic rings. The van der Waals surface area contributed by atoms with Crippen molar-refractivity contribution in [2.45, 2.75) is 23.6 Å². The molecular weight excluding hydrogens is 409 g/mol. The quantitative estimate of drug-likeness (QED) is 0.480. The largest absolute Gasteiger partial charge is 0.538 e. The third-order valence-electron chi connectivity index (χ3n) is 3.68. The third kappa shape index (κ3) is 4.55. The Hall–Kier alpha value is -2.22. The Kier molecular flexibility index (Phi) is 6.26. The first-order valence-electron chi connectivity index (χ1n) is 8.06. The number of hydrogen-bond acceptors (Lipinski definition) is 5. The van der Waals surface area contributed by atoms with Crippen LogP contribution in [0, 0.1) is 0 Å². The Labute approximate surface area is 170 Å². The van der Waals surface area contributed by atoms with Crippen LogP contribution in [0.4, 0.5) is 5.69 Å². The van der Waals surface area contributed by atoms with Gasteiger partial charge in [-0.1, -0.05) is 48.3 Å². The Morgan fingerprint density at radius 3 is 2.70 bits per heavy atom. The lowest BCUT2D eigenvalue weighted by molar-refractivity contribution is -0.705. The van der Waals surface area contributed by atoms with Crippen LogP contribution in [0.2, 0.25) is 10.0 Å². The number of carbonyl (C=O) groups excluding carboxylic acids is 1. The lowest BCUT2D eigenvalue weighted by atomic mass is 10.2. The first-order valence-corrected chi connectivity index (χ1v) is 9.70. The van der Waals surface area contributed by atoms with Crippen LogP contribution in [-0.4, -0.2) is 16.4 Å². The van der Waals surface area contributed by atoms with Crippen molar-refractivity contribution in [3.63, 3.8) is 0 Å². The van der Waals surface area contributed by atoms with Gasteiger partial charge in [-0.25, -0.2) is 0 Å². The number of amides is 1. The summed E-state index contributed by atoms with van der Waals surface area (Å²) in [5, 5.41) is 19.1. The number of anilines is 1. The molecule has 0 radical (unpaired) electrons. The molecule has 1 N–H and O–H groups in total. The van der Waals surface area contributed by atoms with E-state index in [4.69, 9.17) is 27.7 Å². The van der Waals surface area contributed by atoms with E-state index in [9.17, 15) is 9.90 Å². The molecule has 0 fully saturated rings. The van der Waals surface area contributed by atoms with Crippen molar-refractivity contribution < 1.29 is 19.1 Å². The van der Waals surface area contributed by atoms with Crippen molar-refractivity contribution in [1.29, 1.82) is 0 Å². The van der Waals surface area contributed by atoms with Crippen LogP contribution in [0.3, 0.4) is 0 Å². The predicted octanol–water partition coefficient (Wildman–Crippen LogP) is 3.84. The summed E-state index contributed by atoms with van der Waals surface area (Å²) in [7, 11) is 0. The molecule has 0 saturated carbocycles. The van der Waals surface area contributed by atoms with Crippen LogP contribution in [0.15, 0.2) is 58.1 Å². The van der Waals surface area contributed by atoms with Crippen LogP contribution < -0.4 is 15.1 Å². The summed E-state index contributed by atoms with van der Waals surface area (Å²) in [5.74, 6) is -0.883. The molecule has 0 saturated heterocycles. The predicted molar refractivity (Wildman–Crippen MR) is 103 cm³/mol. The topological polar surface area (TPSA) is 82.1 Å². The van der Waals surface area contributed by atoms with E-state index in [0.717, 1.165) is 11.8 Å². The molecule has 27 heavy (non-hydrogen) atoms. The average molecular weight is 424 g/mol. The molecule has 1 heterocycles. The lowest BCUT2D eigenvalue weighted by Crippen LogP contribution is -2.36. The summed E-state index contributed by atoms with van der Waals surface area (Å²) < 4.78 is 6.18. The van der Waals surface area contributed by atoms with E-state index in [2.05, 4.69) is 10.6 Å². The highest BCUT2D eigenvalue weighted by Gasteiger charge is 2.28. The number of nitrogens with one attached hydrogen (secondary N) is 1. The van der Waals surface area contributed by atoms with Gasteiger partial charge in [0.1, 0.15) is 0 Å². The molecule has 3 aromatic rings. The lowest BCUT2D eigenvalue weighted by Gasteiger charge is -2.14. The van der Waals surface area contributed by atoms with E-state index in [1.165, 1.54) is 4.68 Å². The molecule has 0 spiro atoms. The van der Waals surface area contributed by atoms with Gasteiger partial charge in [-0.2, -0.15) is 0 Å². The molecule has 1 amide bonds. The van der Waals surface area contributed by atoms with Crippen molar-refractivity contribution in [2.24, 2.45) is 0 Å². The van der Waals surface area contributed by atoms with Gasteiger partial charge in [0, 0.05) is 17.2 Å². The zero-order valence-corrected chi connectivity index (χ0v) is 16.5. The molecule has 2 aromatic carbocycles. The van der Waals surface area contributed by atoms with Crippen LogP contribution >= 0.6 is 35.0 Å². The summed E-state index contributed by atoms with van der Waals surface area (Å²) >= 11 is 13.1. The third-order valence-corrected chi connectivity index (χ3v) is 5.62. The van der Waals surface area contributed by atoms with Gasteiger partial charge in [-0.05, 0) is 41.1 Å². The highest BCUT2D eigenvalue weighted by molar-refractivity contribution is 8.00. The maximum atomic E-state index is 12.7. The fourth-order valence-corrected chi connectivity index (χ4v) is 3.76. The molecule has 6 nitrogen and oxygen atoms in total. The second-order valence-electron chi connectivity index (χ2n) is 5.54. The molecule has 9 heteroatoms. The van der Waals surface area contributed by atoms with Crippen molar-refractivity contribution in [2.75, 3.05) is 5.32 Å². The first kappa shape index (κ1) is 19.5. The van der Waals surface area contributed by atoms with Gasteiger partial charge < -0.3 is 14.9 Å². The van der Waals surface area contributed by atoms with Crippen molar-refractivity contribution in [3.05, 3.63) is 58.6 Å². The van der Waals surface area contributed by atoms with Gasteiger partial charge in [0.05, 0.1) is 21.2 Å². The minimum Gasteiger partial charge on any atom is -0.538 e. The highest BCUT2D eigenvalue weighted by Crippen LogP contribution is 2.31. The van der Waals surface area contributed by atoms with Gasteiger partial charge in [0.2, 0.25) is 11.6 Å². The number of para-hydroxylation sites is 1. The maximum Gasteiger partial charge on any atom is 0.298 e. The van der Waals surface area contributed by atoms with Crippen molar-refractivity contribution in [3.8, 4) is 11.6 Å². The SMILES string of the molecule is CCC(Sc1c([O-])on[n+]1-c1ccccc1)C(=O)Nc1ccc(Cl)cc1Cl. The maximum absolute atomic E-state index is 12.7. The minimum absolute atomic E-state index is 0.227. The average Bonchev–Trinajstić information content (AvgIpc) is 3.03. The molecule has 140 valence electrons. The van der Waals surface area contributed by atoms with Crippen LogP contribution in [0.25, 0.3) is 5.69 Å². The van der Waals surface area contributed by atoms with E-state index in [-0.39, 0.29) is 10.9 Å². The Balaban J connectivity index is 1.81. The zero-order chi connectivity index (χ0) is 19.4. The van der Waals surface area contributed by atoms with Crippen LogP contribution in [0.1, 0.15) is 13.3 Å². The summed E-state index contributed by atoms with van der Waals surface area (Å²) in [6.07, 6.45) is 0.487. The molecular formula is C18H15Cl2N3O3S. The number of nitrogens with zero attached hydrogens (tertiary/aromatic N) is 2. The van der Waals surface area contributed by atoms with Gasteiger partial charge in [0.25, 0.3) is 5.03 Å². The second-order valence-corrected chi connectivity index (χ2v) is 7.58. The summed E-state index contributed by atoms with van der Waals surface area (Å²) in [6.45, 7) is 1.85. The van der Waals surface area contributed by atoms with Crippen LogP contribution in [0.5, 0.6) is 5.95 Å². The van der Waals surface area contributed by atoms with E-state index < -0.39 is 11.2 Å². The number of benzene rings is 2. The number of thioether (sulfide) groups is 1. The molecule has 0 aliphatic heterocycles. The fourth-order valence-electron chi connectivity index (χ4n) is 2.33. The Morgan fingerprint density at radius 1 is 1.30 bits per heavy atom. The number of aromatic nitrogens is 2. The summed E-state index contributed by atoms with van der Waals surface area (Å²) in [6, 6.07) is 13.9. The van der Waals surface area contributed by atoms with E-state index >= 15 is 0 Å². The smallest absolute Gasteiger partial charge is 0.298 e. The Morgan fingerprint density at radius 2 is 2.04 bits per heavy atom. The number of hydrogen-bond donors (Lipinski definition) is 1. The van der Waals surface area contributed by atoms with E-state index in [1.807, 2.05) is 25.1 Å². The molecule has 0 aliphatic carbocycles. The highest BCUT2D eigenvalue weighted by atomic mass is 35.5. The van der Waals surface area contributed by atoms with Crippen molar-refractivity contribution >= 4 is 46.6 Å².